The van der Waals surface area contributed by atoms with E-state index in [2.05, 4.69) is 24.3 Å². The summed E-state index contributed by atoms with van der Waals surface area (Å²) >= 11 is 0. The van der Waals surface area contributed by atoms with Gasteiger partial charge in [-0.1, -0.05) is 31.8 Å². The van der Waals surface area contributed by atoms with Gasteiger partial charge in [-0.05, 0) is 39.0 Å². The number of carbonyl (C=O) groups is 2. The van der Waals surface area contributed by atoms with Gasteiger partial charge in [0.15, 0.2) is 6.10 Å². The lowest BCUT2D eigenvalue weighted by Crippen LogP contribution is -2.47. The second-order valence-electron chi connectivity index (χ2n) is 6.63. The standard InChI is InChI=1S/C17H26N2O4/c1-9-7-6-8-14(10(9)2)18-16(20)13(5)22-17(21)15-11(3)19-23-12(15)4/h9-10,13-14H,6-8H2,1-5H3,(H,18,20)/t9-,10-,13-,14-/m0/s1. The van der Waals surface area contributed by atoms with Crippen molar-refractivity contribution in [3.05, 3.63) is 17.0 Å². The molecule has 1 aromatic heterocycles. The molecule has 1 fully saturated rings. The van der Waals surface area contributed by atoms with Crippen molar-refractivity contribution in [3.63, 3.8) is 0 Å². The first-order chi connectivity index (χ1) is 10.8. The summed E-state index contributed by atoms with van der Waals surface area (Å²) in [7, 11) is 0. The predicted molar refractivity (Wildman–Crippen MR) is 85.0 cm³/mol. The Labute approximate surface area is 136 Å². The van der Waals surface area contributed by atoms with Crippen LogP contribution in [-0.4, -0.2) is 29.2 Å². The van der Waals surface area contributed by atoms with Crippen LogP contribution in [-0.2, 0) is 9.53 Å². The van der Waals surface area contributed by atoms with E-state index in [0.29, 0.717) is 28.9 Å². The van der Waals surface area contributed by atoms with E-state index in [1.807, 2.05) is 0 Å². The summed E-state index contributed by atoms with van der Waals surface area (Å²) in [5, 5.41) is 6.75. The Morgan fingerprint density at radius 1 is 1.30 bits per heavy atom. The highest BCUT2D eigenvalue weighted by Gasteiger charge is 2.30. The van der Waals surface area contributed by atoms with Crippen LogP contribution >= 0.6 is 0 Å². The van der Waals surface area contributed by atoms with Gasteiger partial charge in [0.05, 0.1) is 5.69 Å². The number of ether oxygens (including phenoxy) is 1. The fourth-order valence-electron chi connectivity index (χ4n) is 3.13. The van der Waals surface area contributed by atoms with Gasteiger partial charge in [0.1, 0.15) is 11.3 Å². The van der Waals surface area contributed by atoms with Crippen LogP contribution in [0.2, 0.25) is 0 Å². The maximum Gasteiger partial charge on any atom is 0.344 e. The third-order valence-corrected chi connectivity index (χ3v) is 4.93. The molecule has 0 bridgehead atoms. The lowest BCUT2D eigenvalue weighted by Gasteiger charge is -2.35. The topological polar surface area (TPSA) is 81.4 Å². The van der Waals surface area contributed by atoms with Crippen LogP contribution in [0.5, 0.6) is 0 Å². The number of nitrogens with zero attached hydrogens (tertiary/aromatic N) is 1. The van der Waals surface area contributed by atoms with E-state index < -0.39 is 12.1 Å². The number of aryl methyl sites for hydroxylation is 2. The first-order valence-electron chi connectivity index (χ1n) is 8.25. The van der Waals surface area contributed by atoms with Crippen LogP contribution in [0.3, 0.4) is 0 Å². The molecule has 1 aliphatic rings. The Bertz CT molecular complexity index is 562. The minimum atomic E-state index is -0.847. The predicted octanol–water partition coefficient (Wildman–Crippen LogP) is 2.78. The number of hydrogen-bond donors (Lipinski definition) is 1. The van der Waals surface area contributed by atoms with Gasteiger partial charge >= 0.3 is 5.97 Å². The highest BCUT2D eigenvalue weighted by molar-refractivity contribution is 5.93. The molecule has 2 rings (SSSR count). The Morgan fingerprint density at radius 2 is 2.00 bits per heavy atom. The molecule has 6 nitrogen and oxygen atoms in total. The molecule has 1 amide bonds. The van der Waals surface area contributed by atoms with Crippen LogP contribution in [0.15, 0.2) is 4.52 Å². The molecular formula is C17H26N2O4. The molecule has 1 aliphatic carbocycles. The molecule has 1 saturated carbocycles. The van der Waals surface area contributed by atoms with Gasteiger partial charge < -0.3 is 14.6 Å². The lowest BCUT2D eigenvalue weighted by molar-refractivity contribution is -0.130. The SMILES string of the molecule is Cc1noc(C)c1C(=O)O[C@@H](C)C(=O)N[C@H]1CCC[C@H](C)[C@@H]1C. The number of esters is 1. The monoisotopic (exact) mass is 322 g/mol. The van der Waals surface area contributed by atoms with E-state index >= 15 is 0 Å². The van der Waals surface area contributed by atoms with E-state index in [1.54, 1.807) is 20.8 Å². The molecule has 1 aromatic rings. The second-order valence-corrected chi connectivity index (χ2v) is 6.63. The third kappa shape index (κ3) is 3.92. The maximum atomic E-state index is 12.3. The summed E-state index contributed by atoms with van der Waals surface area (Å²) in [6.45, 7) is 9.27. The van der Waals surface area contributed by atoms with Gasteiger partial charge in [0.25, 0.3) is 5.91 Å². The molecule has 0 aliphatic heterocycles. The van der Waals surface area contributed by atoms with Gasteiger partial charge in [0, 0.05) is 6.04 Å². The Hall–Kier alpha value is -1.85. The molecule has 1 N–H and O–H groups in total. The molecule has 23 heavy (non-hydrogen) atoms. The number of hydrogen-bond acceptors (Lipinski definition) is 5. The van der Waals surface area contributed by atoms with Gasteiger partial charge in [-0.2, -0.15) is 0 Å². The van der Waals surface area contributed by atoms with Crippen molar-refractivity contribution in [2.24, 2.45) is 11.8 Å². The summed E-state index contributed by atoms with van der Waals surface area (Å²) < 4.78 is 10.2. The normalized spacial score (nSPS) is 25.7. The molecule has 0 radical (unpaired) electrons. The average Bonchev–Trinajstić information content (AvgIpc) is 2.82. The first kappa shape index (κ1) is 17.5. The van der Waals surface area contributed by atoms with Crippen LogP contribution in [0.4, 0.5) is 0 Å². The summed E-state index contributed by atoms with van der Waals surface area (Å²) in [6, 6.07) is 0.145. The van der Waals surface area contributed by atoms with Crippen molar-refractivity contribution >= 4 is 11.9 Å². The van der Waals surface area contributed by atoms with Crippen molar-refractivity contribution in [2.75, 3.05) is 0 Å². The molecule has 0 spiro atoms. The third-order valence-electron chi connectivity index (χ3n) is 4.93. The molecule has 4 atom stereocenters. The number of nitrogens with one attached hydrogen (secondary N) is 1. The first-order valence-corrected chi connectivity index (χ1v) is 8.25. The Kier molecular flexibility index (Phi) is 5.44. The minimum Gasteiger partial charge on any atom is -0.449 e. The van der Waals surface area contributed by atoms with Crippen molar-refractivity contribution in [3.8, 4) is 0 Å². The van der Waals surface area contributed by atoms with Gasteiger partial charge in [-0.15, -0.1) is 0 Å². The minimum absolute atomic E-state index is 0.145. The molecule has 0 aromatic carbocycles. The summed E-state index contributed by atoms with van der Waals surface area (Å²) in [5.41, 5.74) is 0.763. The summed E-state index contributed by atoms with van der Waals surface area (Å²) in [4.78, 5) is 24.5. The fraction of sp³-hybridized carbons (Fsp3) is 0.706. The molecule has 128 valence electrons. The largest absolute Gasteiger partial charge is 0.449 e. The van der Waals surface area contributed by atoms with E-state index in [1.165, 1.54) is 6.42 Å². The molecule has 0 saturated heterocycles. The zero-order valence-corrected chi connectivity index (χ0v) is 14.5. The number of aromatic nitrogens is 1. The number of amides is 1. The number of rotatable bonds is 4. The molecular weight excluding hydrogens is 296 g/mol. The molecule has 0 unspecified atom stereocenters. The smallest absolute Gasteiger partial charge is 0.344 e. The Balaban J connectivity index is 1.94. The van der Waals surface area contributed by atoms with E-state index in [-0.39, 0.29) is 11.9 Å². The van der Waals surface area contributed by atoms with Crippen molar-refractivity contribution in [1.82, 2.24) is 10.5 Å². The van der Waals surface area contributed by atoms with Gasteiger partial charge in [-0.3, -0.25) is 4.79 Å². The van der Waals surface area contributed by atoms with Crippen molar-refractivity contribution < 1.29 is 18.8 Å². The maximum absolute atomic E-state index is 12.3. The highest BCUT2D eigenvalue weighted by atomic mass is 16.5. The molecule has 6 heteroatoms. The fourth-order valence-corrected chi connectivity index (χ4v) is 3.13. The summed E-state index contributed by atoms with van der Waals surface area (Å²) in [5.74, 6) is 0.590. The zero-order chi connectivity index (χ0) is 17.1. The van der Waals surface area contributed by atoms with Crippen LogP contribution in [0.1, 0.15) is 61.8 Å². The summed E-state index contributed by atoms with van der Waals surface area (Å²) in [6.07, 6.45) is 2.44. The van der Waals surface area contributed by atoms with Gasteiger partial charge in [-0.25, -0.2) is 4.79 Å². The van der Waals surface area contributed by atoms with Crippen LogP contribution in [0, 0.1) is 25.7 Å². The van der Waals surface area contributed by atoms with E-state index in [0.717, 1.165) is 12.8 Å². The van der Waals surface area contributed by atoms with Crippen molar-refractivity contribution in [2.45, 2.75) is 66.0 Å². The zero-order valence-electron chi connectivity index (χ0n) is 14.5. The quantitative estimate of drug-likeness (QED) is 0.862. The second kappa shape index (κ2) is 7.15. The van der Waals surface area contributed by atoms with E-state index in [9.17, 15) is 9.59 Å². The molecule has 1 heterocycles. The van der Waals surface area contributed by atoms with Crippen LogP contribution in [0.25, 0.3) is 0 Å². The van der Waals surface area contributed by atoms with Crippen molar-refractivity contribution in [1.29, 1.82) is 0 Å². The van der Waals surface area contributed by atoms with Gasteiger partial charge in [0.2, 0.25) is 0 Å². The van der Waals surface area contributed by atoms with E-state index in [4.69, 9.17) is 9.26 Å². The Morgan fingerprint density at radius 3 is 2.61 bits per heavy atom. The van der Waals surface area contributed by atoms with Crippen LogP contribution < -0.4 is 5.32 Å². The average molecular weight is 322 g/mol. The number of carbonyl (C=O) groups excluding carboxylic acids is 2. The lowest BCUT2D eigenvalue weighted by atomic mass is 9.78. The highest BCUT2D eigenvalue weighted by Crippen LogP contribution is 2.29.